The second-order valence-electron chi connectivity index (χ2n) is 3.41. The zero-order valence-corrected chi connectivity index (χ0v) is 10.3. The van der Waals surface area contributed by atoms with Crippen LogP contribution >= 0.6 is 12.4 Å². The van der Waals surface area contributed by atoms with Gasteiger partial charge >= 0.3 is 0 Å². The van der Waals surface area contributed by atoms with Crippen LogP contribution in [-0.2, 0) is 16.1 Å². The molecule has 0 saturated heterocycles. The molecule has 0 bridgehead atoms. The fourth-order valence-corrected chi connectivity index (χ4v) is 1.18. The summed E-state index contributed by atoms with van der Waals surface area (Å²) < 4.78 is 17.3. The van der Waals surface area contributed by atoms with E-state index in [9.17, 15) is 9.18 Å². The molecule has 1 atom stereocenters. The van der Waals surface area contributed by atoms with Gasteiger partial charge in [-0.1, -0.05) is 12.1 Å². The number of carbonyl (C=O) groups excluding carboxylic acids is 1. The summed E-state index contributed by atoms with van der Waals surface area (Å²) in [5.41, 5.74) is 6.34. The van der Waals surface area contributed by atoms with Crippen LogP contribution in [0.25, 0.3) is 0 Å². The maximum Gasteiger partial charge on any atom is 0.239 e. The van der Waals surface area contributed by atoms with E-state index in [1.54, 1.807) is 12.1 Å². The first-order valence-corrected chi connectivity index (χ1v) is 4.90. The molecule has 1 aromatic rings. The van der Waals surface area contributed by atoms with Gasteiger partial charge in [-0.3, -0.25) is 4.79 Å². The van der Waals surface area contributed by atoms with E-state index in [2.05, 4.69) is 5.32 Å². The van der Waals surface area contributed by atoms with Gasteiger partial charge in [0.2, 0.25) is 5.91 Å². The molecule has 3 N–H and O–H groups in total. The van der Waals surface area contributed by atoms with Crippen LogP contribution in [-0.4, -0.2) is 25.7 Å². The lowest BCUT2D eigenvalue weighted by Crippen LogP contribution is -2.43. The van der Waals surface area contributed by atoms with Gasteiger partial charge in [-0.25, -0.2) is 4.39 Å². The number of rotatable bonds is 5. The molecule has 17 heavy (non-hydrogen) atoms. The molecule has 0 aliphatic carbocycles. The molecule has 6 heteroatoms. The van der Waals surface area contributed by atoms with E-state index in [-0.39, 0.29) is 30.7 Å². The predicted molar refractivity (Wildman–Crippen MR) is 65.3 cm³/mol. The largest absolute Gasteiger partial charge is 0.383 e. The van der Waals surface area contributed by atoms with Crippen molar-refractivity contribution in [2.75, 3.05) is 13.7 Å². The molecule has 0 saturated carbocycles. The first kappa shape index (κ1) is 15.8. The van der Waals surface area contributed by atoms with Crippen molar-refractivity contribution in [3.8, 4) is 0 Å². The molecule has 1 unspecified atom stereocenters. The summed E-state index contributed by atoms with van der Waals surface area (Å²) in [4.78, 5) is 11.4. The zero-order valence-electron chi connectivity index (χ0n) is 9.48. The van der Waals surface area contributed by atoms with Gasteiger partial charge < -0.3 is 15.8 Å². The van der Waals surface area contributed by atoms with E-state index < -0.39 is 6.04 Å². The number of amides is 1. The Hall–Kier alpha value is -1.17. The van der Waals surface area contributed by atoms with Crippen LogP contribution in [0.5, 0.6) is 0 Å². The predicted octanol–water partition coefficient (Wildman–Crippen LogP) is 0.837. The standard InChI is InChI=1S/C11H15FN2O2.ClH/c1-16-7-10(13)11(15)14-6-8-2-4-9(12)5-3-8;/h2-5,10H,6-7,13H2,1H3,(H,14,15);1H. The maximum atomic E-state index is 12.6. The molecule has 4 nitrogen and oxygen atoms in total. The van der Waals surface area contributed by atoms with Crippen molar-refractivity contribution in [3.05, 3.63) is 35.6 Å². The average Bonchev–Trinajstić information content (AvgIpc) is 2.28. The SMILES string of the molecule is COCC(N)C(=O)NCc1ccc(F)cc1.Cl. The number of ether oxygens (including phenoxy) is 1. The maximum absolute atomic E-state index is 12.6. The molecular formula is C11H16ClFN2O2. The van der Waals surface area contributed by atoms with Gasteiger partial charge in [0.05, 0.1) is 6.61 Å². The lowest BCUT2D eigenvalue weighted by Gasteiger charge is -2.11. The number of halogens is 2. The quantitative estimate of drug-likeness (QED) is 0.826. The number of methoxy groups -OCH3 is 1. The number of nitrogens with one attached hydrogen (secondary N) is 1. The van der Waals surface area contributed by atoms with E-state index in [1.165, 1.54) is 19.2 Å². The fourth-order valence-electron chi connectivity index (χ4n) is 1.18. The van der Waals surface area contributed by atoms with E-state index in [0.29, 0.717) is 6.54 Å². The Morgan fingerprint density at radius 3 is 2.59 bits per heavy atom. The average molecular weight is 263 g/mol. The Bertz CT molecular complexity index is 346. The number of nitrogens with two attached hydrogens (primary N) is 1. The molecule has 0 aliphatic rings. The van der Waals surface area contributed by atoms with Gasteiger partial charge in [-0.15, -0.1) is 12.4 Å². The molecule has 0 spiro atoms. The van der Waals surface area contributed by atoms with Crippen LogP contribution in [0.15, 0.2) is 24.3 Å². The Balaban J connectivity index is 0.00000256. The number of hydrogen-bond donors (Lipinski definition) is 2. The van der Waals surface area contributed by atoms with E-state index >= 15 is 0 Å². The minimum Gasteiger partial charge on any atom is -0.383 e. The van der Waals surface area contributed by atoms with Gasteiger partial charge in [0.15, 0.2) is 0 Å². The summed E-state index contributed by atoms with van der Waals surface area (Å²) in [6.45, 7) is 0.506. The molecular weight excluding hydrogens is 247 g/mol. The molecule has 0 heterocycles. The summed E-state index contributed by atoms with van der Waals surface area (Å²) in [6.07, 6.45) is 0. The topological polar surface area (TPSA) is 64.3 Å². The number of hydrogen-bond acceptors (Lipinski definition) is 3. The first-order valence-electron chi connectivity index (χ1n) is 4.90. The van der Waals surface area contributed by atoms with E-state index in [0.717, 1.165) is 5.56 Å². The molecule has 0 aliphatic heterocycles. The molecule has 0 fully saturated rings. The second-order valence-corrected chi connectivity index (χ2v) is 3.41. The van der Waals surface area contributed by atoms with Crippen molar-refractivity contribution in [2.24, 2.45) is 5.73 Å². The Morgan fingerprint density at radius 1 is 1.47 bits per heavy atom. The van der Waals surface area contributed by atoms with Gasteiger partial charge in [0.25, 0.3) is 0 Å². The van der Waals surface area contributed by atoms with Gasteiger partial charge in [0, 0.05) is 13.7 Å². The van der Waals surface area contributed by atoms with Crippen LogP contribution in [0, 0.1) is 5.82 Å². The van der Waals surface area contributed by atoms with E-state index in [4.69, 9.17) is 10.5 Å². The van der Waals surface area contributed by atoms with E-state index in [1.807, 2.05) is 0 Å². The molecule has 0 aromatic heterocycles. The third-order valence-electron chi connectivity index (χ3n) is 2.06. The van der Waals surface area contributed by atoms with Crippen LogP contribution in [0.1, 0.15) is 5.56 Å². The Morgan fingerprint density at radius 2 is 2.06 bits per heavy atom. The highest BCUT2D eigenvalue weighted by Gasteiger charge is 2.11. The first-order chi connectivity index (χ1) is 7.63. The number of benzene rings is 1. The summed E-state index contributed by atoms with van der Waals surface area (Å²) in [5, 5.41) is 2.64. The summed E-state index contributed by atoms with van der Waals surface area (Å²) in [6, 6.07) is 5.23. The van der Waals surface area contributed by atoms with Gasteiger partial charge in [-0.2, -0.15) is 0 Å². The molecule has 0 radical (unpaired) electrons. The van der Waals surface area contributed by atoms with Crippen molar-refractivity contribution in [2.45, 2.75) is 12.6 Å². The Labute approximate surface area is 106 Å². The molecule has 1 amide bonds. The summed E-state index contributed by atoms with van der Waals surface area (Å²) >= 11 is 0. The van der Waals surface area contributed by atoms with Crippen molar-refractivity contribution in [1.82, 2.24) is 5.32 Å². The third-order valence-corrected chi connectivity index (χ3v) is 2.06. The highest BCUT2D eigenvalue weighted by atomic mass is 35.5. The summed E-state index contributed by atoms with van der Waals surface area (Å²) in [7, 11) is 1.48. The summed E-state index contributed by atoms with van der Waals surface area (Å²) in [5.74, 6) is -0.586. The number of carbonyl (C=O) groups is 1. The third kappa shape index (κ3) is 5.63. The van der Waals surface area contributed by atoms with Crippen molar-refractivity contribution < 1.29 is 13.9 Å². The van der Waals surface area contributed by atoms with Gasteiger partial charge in [0.1, 0.15) is 11.9 Å². The molecule has 1 rings (SSSR count). The zero-order chi connectivity index (χ0) is 12.0. The monoisotopic (exact) mass is 262 g/mol. The normalized spacial score (nSPS) is 11.5. The fraction of sp³-hybridized carbons (Fsp3) is 0.364. The Kier molecular flexibility index (Phi) is 7.45. The molecule has 1 aromatic carbocycles. The van der Waals surface area contributed by atoms with Crippen molar-refractivity contribution in [3.63, 3.8) is 0 Å². The van der Waals surface area contributed by atoms with Crippen molar-refractivity contribution >= 4 is 18.3 Å². The van der Waals surface area contributed by atoms with Crippen LogP contribution in [0.3, 0.4) is 0 Å². The highest BCUT2D eigenvalue weighted by molar-refractivity contribution is 5.85. The van der Waals surface area contributed by atoms with Crippen molar-refractivity contribution in [1.29, 1.82) is 0 Å². The highest BCUT2D eigenvalue weighted by Crippen LogP contribution is 2.01. The minimum absolute atomic E-state index is 0. The van der Waals surface area contributed by atoms with Crippen LogP contribution in [0.4, 0.5) is 4.39 Å². The van der Waals surface area contributed by atoms with Crippen LogP contribution in [0.2, 0.25) is 0 Å². The van der Waals surface area contributed by atoms with Gasteiger partial charge in [-0.05, 0) is 17.7 Å². The molecule has 96 valence electrons. The minimum atomic E-state index is -0.676. The van der Waals surface area contributed by atoms with Crippen LogP contribution < -0.4 is 11.1 Å². The lowest BCUT2D eigenvalue weighted by atomic mass is 10.2. The lowest BCUT2D eigenvalue weighted by molar-refractivity contribution is -0.123. The second kappa shape index (κ2) is 8.00. The smallest absolute Gasteiger partial charge is 0.239 e.